The predicted molar refractivity (Wildman–Crippen MR) is 116 cm³/mol. The van der Waals surface area contributed by atoms with Crippen LogP contribution in [-0.2, 0) is 17.9 Å². The number of hydrogen-bond donors (Lipinski definition) is 2. The molecule has 2 N–H and O–H groups in total. The number of thioether (sulfide) groups is 1. The lowest BCUT2D eigenvalue weighted by atomic mass is 10.2. The van der Waals surface area contributed by atoms with E-state index in [2.05, 4.69) is 20.8 Å². The third kappa shape index (κ3) is 5.38. The van der Waals surface area contributed by atoms with E-state index in [-0.39, 0.29) is 24.1 Å². The largest absolute Gasteiger partial charge is 0.496 e. The molecule has 156 valence electrons. The number of methoxy groups -OCH3 is 1. The van der Waals surface area contributed by atoms with Gasteiger partial charge in [-0.3, -0.25) is 9.59 Å². The van der Waals surface area contributed by atoms with Gasteiger partial charge in [-0.15, -0.1) is 10.2 Å². The van der Waals surface area contributed by atoms with Crippen LogP contribution in [-0.4, -0.2) is 39.4 Å². The first kappa shape index (κ1) is 21.4. The van der Waals surface area contributed by atoms with Gasteiger partial charge in [0.05, 0.1) is 25.0 Å². The summed E-state index contributed by atoms with van der Waals surface area (Å²) in [4.78, 5) is 24.7. The van der Waals surface area contributed by atoms with E-state index in [1.807, 2.05) is 41.8 Å². The zero-order valence-electron chi connectivity index (χ0n) is 16.8. The maximum Gasteiger partial charge on any atom is 0.255 e. The Hall–Kier alpha value is -3.33. The average molecular weight is 426 g/mol. The highest BCUT2D eigenvalue weighted by atomic mass is 32.2. The Balaban J connectivity index is 1.58. The quantitative estimate of drug-likeness (QED) is 0.512. The summed E-state index contributed by atoms with van der Waals surface area (Å²) in [6.45, 7) is 2.80. The van der Waals surface area contributed by atoms with Crippen LogP contribution in [0.4, 0.5) is 5.69 Å². The Labute approximate surface area is 179 Å². The van der Waals surface area contributed by atoms with Gasteiger partial charge in [0.15, 0.2) is 11.0 Å². The third-order valence-electron chi connectivity index (χ3n) is 4.26. The number of nitrogens with one attached hydrogen (secondary N) is 2. The van der Waals surface area contributed by atoms with E-state index >= 15 is 0 Å². The van der Waals surface area contributed by atoms with E-state index in [4.69, 9.17) is 4.74 Å². The lowest BCUT2D eigenvalue weighted by molar-refractivity contribution is -0.113. The molecule has 0 atom stereocenters. The molecular formula is C21H23N5O3S. The monoisotopic (exact) mass is 425 g/mol. The second-order valence-corrected chi connectivity index (χ2v) is 7.17. The summed E-state index contributed by atoms with van der Waals surface area (Å²) in [6, 6.07) is 16.3. The molecule has 2 amide bonds. The predicted octanol–water partition coefficient (Wildman–Crippen LogP) is 2.97. The molecule has 3 aromatic rings. The van der Waals surface area contributed by atoms with Crippen molar-refractivity contribution in [3.63, 3.8) is 0 Å². The maximum atomic E-state index is 12.5. The summed E-state index contributed by atoms with van der Waals surface area (Å²) in [5.41, 5.74) is 1.20. The number of ether oxygens (including phenoxy) is 1. The highest BCUT2D eigenvalue weighted by Gasteiger charge is 2.16. The molecule has 0 saturated heterocycles. The molecule has 1 heterocycles. The molecule has 1 aromatic heterocycles. The summed E-state index contributed by atoms with van der Waals surface area (Å²) < 4.78 is 7.11. The van der Waals surface area contributed by atoms with Crippen LogP contribution in [0.25, 0.3) is 0 Å². The standard InChI is InChI=1S/C21H23N5O3S/c1-3-26-18(13-22-20(28)16-11-7-8-12-17(16)29-2)24-25-21(26)30-14-19(27)23-15-9-5-4-6-10-15/h4-12H,3,13-14H2,1-2H3,(H,22,28)(H,23,27). The zero-order valence-corrected chi connectivity index (χ0v) is 17.6. The van der Waals surface area contributed by atoms with Gasteiger partial charge in [-0.1, -0.05) is 42.1 Å². The van der Waals surface area contributed by atoms with Gasteiger partial charge in [-0.05, 0) is 31.2 Å². The second-order valence-electron chi connectivity index (χ2n) is 6.23. The minimum absolute atomic E-state index is 0.122. The zero-order chi connectivity index (χ0) is 21.3. The van der Waals surface area contributed by atoms with Crippen molar-refractivity contribution in [2.75, 3.05) is 18.2 Å². The number of carbonyl (C=O) groups is 2. The summed E-state index contributed by atoms with van der Waals surface area (Å²) in [7, 11) is 1.53. The first-order chi connectivity index (χ1) is 14.6. The highest BCUT2D eigenvalue weighted by Crippen LogP contribution is 2.19. The molecule has 0 aliphatic heterocycles. The summed E-state index contributed by atoms with van der Waals surface area (Å²) >= 11 is 1.30. The Morgan fingerprint density at radius 2 is 1.80 bits per heavy atom. The molecule has 0 aliphatic carbocycles. The summed E-state index contributed by atoms with van der Waals surface area (Å²) in [5, 5.41) is 14.7. The smallest absolute Gasteiger partial charge is 0.255 e. The number of nitrogens with zero attached hydrogens (tertiary/aromatic N) is 3. The van der Waals surface area contributed by atoms with Gasteiger partial charge in [-0.25, -0.2) is 0 Å². The van der Waals surface area contributed by atoms with Crippen LogP contribution < -0.4 is 15.4 Å². The average Bonchev–Trinajstić information content (AvgIpc) is 3.18. The Kier molecular flexibility index (Phi) is 7.45. The van der Waals surface area contributed by atoms with Crippen LogP contribution in [0.2, 0.25) is 0 Å². The van der Waals surface area contributed by atoms with E-state index in [0.717, 1.165) is 5.69 Å². The van der Waals surface area contributed by atoms with Gasteiger partial charge in [0.1, 0.15) is 5.75 Å². The van der Waals surface area contributed by atoms with Crippen molar-refractivity contribution in [3.05, 3.63) is 66.0 Å². The van der Waals surface area contributed by atoms with Crippen molar-refractivity contribution < 1.29 is 14.3 Å². The molecule has 3 rings (SSSR count). The first-order valence-corrected chi connectivity index (χ1v) is 10.4. The number of para-hydroxylation sites is 2. The Bertz CT molecular complexity index is 1010. The lowest BCUT2D eigenvalue weighted by Crippen LogP contribution is -2.25. The number of amides is 2. The van der Waals surface area contributed by atoms with Gasteiger partial charge >= 0.3 is 0 Å². The molecular weight excluding hydrogens is 402 g/mol. The van der Waals surface area contributed by atoms with Gasteiger partial charge < -0.3 is 19.9 Å². The van der Waals surface area contributed by atoms with Gasteiger partial charge in [0.25, 0.3) is 5.91 Å². The van der Waals surface area contributed by atoms with Crippen LogP contribution in [0, 0.1) is 0 Å². The van der Waals surface area contributed by atoms with Gasteiger partial charge in [0, 0.05) is 12.2 Å². The van der Waals surface area contributed by atoms with E-state index in [1.54, 1.807) is 24.3 Å². The number of anilines is 1. The van der Waals surface area contributed by atoms with Gasteiger partial charge in [0.2, 0.25) is 5.91 Å². The van der Waals surface area contributed by atoms with Crippen molar-refractivity contribution in [1.82, 2.24) is 20.1 Å². The molecule has 8 nitrogen and oxygen atoms in total. The fraction of sp³-hybridized carbons (Fsp3) is 0.238. The minimum Gasteiger partial charge on any atom is -0.496 e. The van der Waals surface area contributed by atoms with Gasteiger partial charge in [-0.2, -0.15) is 0 Å². The number of hydrogen-bond acceptors (Lipinski definition) is 6. The van der Waals surface area contributed by atoms with Crippen LogP contribution in [0.15, 0.2) is 59.8 Å². The number of carbonyl (C=O) groups excluding carboxylic acids is 2. The van der Waals surface area contributed by atoms with Crippen molar-refractivity contribution >= 4 is 29.3 Å². The molecule has 0 bridgehead atoms. The van der Waals surface area contributed by atoms with Crippen LogP contribution in [0.1, 0.15) is 23.1 Å². The van der Waals surface area contributed by atoms with Crippen molar-refractivity contribution in [2.45, 2.75) is 25.2 Å². The number of rotatable bonds is 9. The lowest BCUT2D eigenvalue weighted by Gasteiger charge is -2.10. The Morgan fingerprint density at radius 1 is 1.07 bits per heavy atom. The molecule has 0 spiro atoms. The van der Waals surface area contributed by atoms with Crippen molar-refractivity contribution in [2.24, 2.45) is 0 Å². The van der Waals surface area contributed by atoms with Crippen molar-refractivity contribution in [3.8, 4) is 5.75 Å². The summed E-state index contributed by atoms with van der Waals surface area (Å²) in [6.07, 6.45) is 0. The fourth-order valence-electron chi connectivity index (χ4n) is 2.81. The molecule has 0 saturated carbocycles. The number of benzene rings is 2. The van der Waals surface area contributed by atoms with Crippen LogP contribution in [0.3, 0.4) is 0 Å². The molecule has 2 aromatic carbocycles. The van der Waals surface area contributed by atoms with E-state index < -0.39 is 0 Å². The van der Waals surface area contributed by atoms with E-state index in [9.17, 15) is 9.59 Å². The van der Waals surface area contributed by atoms with Crippen LogP contribution in [0.5, 0.6) is 5.75 Å². The summed E-state index contributed by atoms with van der Waals surface area (Å²) in [5.74, 6) is 0.956. The maximum absolute atomic E-state index is 12.5. The van der Waals surface area contributed by atoms with Crippen LogP contribution >= 0.6 is 11.8 Å². The SMILES string of the molecule is CCn1c(CNC(=O)c2ccccc2OC)nnc1SCC(=O)Nc1ccccc1. The number of aromatic nitrogens is 3. The highest BCUT2D eigenvalue weighted by molar-refractivity contribution is 7.99. The topological polar surface area (TPSA) is 98.1 Å². The normalized spacial score (nSPS) is 10.5. The molecule has 0 unspecified atom stereocenters. The molecule has 0 radical (unpaired) electrons. The minimum atomic E-state index is -0.255. The fourth-order valence-corrected chi connectivity index (χ4v) is 3.63. The molecule has 9 heteroatoms. The third-order valence-corrected chi connectivity index (χ3v) is 5.23. The second kappa shape index (κ2) is 10.4. The molecule has 0 aliphatic rings. The first-order valence-electron chi connectivity index (χ1n) is 9.43. The van der Waals surface area contributed by atoms with Crippen molar-refractivity contribution in [1.29, 1.82) is 0 Å². The Morgan fingerprint density at radius 3 is 2.53 bits per heavy atom. The molecule has 30 heavy (non-hydrogen) atoms. The van der Waals surface area contributed by atoms with E-state index in [0.29, 0.717) is 28.8 Å². The molecule has 0 fully saturated rings. The van der Waals surface area contributed by atoms with E-state index in [1.165, 1.54) is 18.9 Å².